The summed E-state index contributed by atoms with van der Waals surface area (Å²) < 4.78 is 35.1. The van der Waals surface area contributed by atoms with E-state index in [-0.39, 0.29) is 12.5 Å². The summed E-state index contributed by atoms with van der Waals surface area (Å²) in [5, 5.41) is 0.458. The Morgan fingerprint density at radius 1 is 1.50 bits per heavy atom. The van der Waals surface area contributed by atoms with Crippen LogP contribution in [0.3, 0.4) is 0 Å². The molecule has 1 rings (SSSR count). The van der Waals surface area contributed by atoms with Crippen molar-refractivity contribution >= 4 is 5.97 Å². The zero-order valence-electron chi connectivity index (χ0n) is 7.38. The van der Waals surface area contributed by atoms with Crippen molar-refractivity contribution in [1.29, 1.82) is 0 Å². The standard InChI is InChI=1S/C7H11F3N2O2/c8-7(9,10)6(13)14-12(11)4-5-2-1-3-5/h5H,1-4,11H2. The van der Waals surface area contributed by atoms with Crippen molar-refractivity contribution < 1.29 is 22.8 Å². The van der Waals surface area contributed by atoms with Crippen molar-refractivity contribution in [3.8, 4) is 0 Å². The maximum Gasteiger partial charge on any atom is 0.492 e. The lowest BCUT2D eigenvalue weighted by Gasteiger charge is -2.28. The number of carbonyl (C=O) groups excluding carboxylic acids is 1. The maximum atomic E-state index is 11.7. The van der Waals surface area contributed by atoms with Crippen LogP contribution in [0.5, 0.6) is 0 Å². The molecule has 4 nitrogen and oxygen atoms in total. The van der Waals surface area contributed by atoms with Crippen LogP contribution >= 0.6 is 0 Å². The van der Waals surface area contributed by atoms with Gasteiger partial charge in [0.15, 0.2) is 0 Å². The van der Waals surface area contributed by atoms with Crippen LogP contribution in [0.15, 0.2) is 0 Å². The molecule has 7 heteroatoms. The van der Waals surface area contributed by atoms with E-state index in [2.05, 4.69) is 4.84 Å². The van der Waals surface area contributed by atoms with Crippen molar-refractivity contribution in [2.75, 3.05) is 6.54 Å². The quantitative estimate of drug-likeness (QED) is 0.559. The summed E-state index contributed by atoms with van der Waals surface area (Å²) in [7, 11) is 0. The van der Waals surface area contributed by atoms with Gasteiger partial charge in [-0.15, -0.1) is 0 Å². The predicted molar refractivity (Wildman–Crippen MR) is 40.4 cm³/mol. The number of hydrogen-bond acceptors (Lipinski definition) is 4. The SMILES string of the molecule is NN(CC1CCC1)OC(=O)C(F)(F)F. The molecular weight excluding hydrogens is 201 g/mol. The van der Waals surface area contributed by atoms with Gasteiger partial charge in [-0.1, -0.05) is 11.6 Å². The second-order valence-corrected chi connectivity index (χ2v) is 3.27. The fourth-order valence-electron chi connectivity index (χ4n) is 1.13. The molecular formula is C7H11F3N2O2. The number of alkyl halides is 3. The van der Waals surface area contributed by atoms with Gasteiger partial charge in [-0.3, -0.25) is 0 Å². The van der Waals surface area contributed by atoms with Gasteiger partial charge >= 0.3 is 12.1 Å². The van der Waals surface area contributed by atoms with Crippen LogP contribution in [0.1, 0.15) is 19.3 Å². The molecule has 2 N–H and O–H groups in total. The summed E-state index contributed by atoms with van der Waals surface area (Å²) in [4.78, 5) is 14.2. The highest BCUT2D eigenvalue weighted by Crippen LogP contribution is 2.26. The highest BCUT2D eigenvalue weighted by Gasteiger charge is 2.42. The van der Waals surface area contributed by atoms with E-state index >= 15 is 0 Å². The third kappa shape index (κ3) is 3.15. The topological polar surface area (TPSA) is 55.6 Å². The normalized spacial score (nSPS) is 18.1. The molecule has 0 aromatic rings. The average molecular weight is 212 g/mol. The summed E-state index contributed by atoms with van der Waals surface area (Å²) in [6, 6.07) is 0. The fraction of sp³-hybridized carbons (Fsp3) is 0.857. The highest BCUT2D eigenvalue weighted by atomic mass is 19.4. The first-order valence-electron chi connectivity index (χ1n) is 4.21. The summed E-state index contributed by atoms with van der Waals surface area (Å²) in [5.74, 6) is 3.03. The number of halogens is 3. The Hall–Kier alpha value is -0.820. The molecule has 0 saturated heterocycles. The first kappa shape index (κ1) is 11.3. The van der Waals surface area contributed by atoms with Gasteiger partial charge in [-0.25, -0.2) is 10.6 Å². The summed E-state index contributed by atoms with van der Waals surface area (Å²) >= 11 is 0. The molecule has 0 aliphatic heterocycles. The number of nitrogens with two attached hydrogens (primary N) is 1. The lowest BCUT2D eigenvalue weighted by molar-refractivity contribution is -0.242. The summed E-state index contributed by atoms with van der Waals surface area (Å²) in [6.07, 6.45) is -2.11. The molecule has 0 atom stereocenters. The van der Waals surface area contributed by atoms with Gasteiger partial charge in [0, 0.05) is 0 Å². The summed E-state index contributed by atoms with van der Waals surface area (Å²) in [5.41, 5.74) is 0. The third-order valence-corrected chi connectivity index (χ3v) is 2.09. The van der Waals surface area contributed by atoms with E-state index in [4.69, 9.17) is 5.84 Å². The van der Waals surface area contributed by atoms with Crippen LogP contribution in [-0.2, 0) is 9.63 Å². The zero-order valence-corrected chi connectivity index (χ0v) is 7.38. The molecule has 0 radical (unpaired) electrons. The smallest absolute Gasteiger partial charge is 0.345 e. The molecule has 0 unspecified atom stereocenters. The predicted octanol–water partition coefficient (Wildman–Crippen LogP) is 0.983. The van der Waals surface area contributed by atoms with E-state index < -0.39 is 12.1 Å². The van der Waals surface area contributed by atoms with Crippen LogP contribution in [0.2, 0.25) is 0 Å². The Morgan fingerprint density at radius 3 is 2.43 bits per heavy atom. The average Bonchev–Trinajstić information content (AvgIpc) is 1.95. The molecule has 1 saturated carbocycles. The van der Waals surface area contributed by atoms with E-state index in [0.29, 0.717) is 5.17 Å². The molecule has 0 aromatic carbocycles. The number of carbonyl (C=O) groups is 1. The Kier molecular flexibility index (Phi) is 3.33. The van der Waals surface area contributed by atoms with Crippen molar-refractivity contribution in [2.45, 2.75) is 25.4 Å². The number of nitrogens with zero attached hydrogens (tertiary/aromatic N) is 1. The lowest BCUT2D eigenvalue weighted by Crippen LogP contribution is -2.42. The molecule has 14 heavy (non-hydrogen) atoms. The summed E-state index contributed by atoms with van der Waals surface area (Å²) in [6.45, 7) is 0.155. The van der Waals surface area contributed by atoms with E-state index in [1.54, 1.807) is 0 Å². The Balaban J connectivity index is 2.25. The van der Waals surface area contributed by atoms with Crippen molar-refractivity contribution in [1.82, 2.24) is 5.17 Å². The zero-order chi connectivity index (χ0) is 10.8. The van der Waals surface area contributed by atoms with Gasteiger partial charge in [0.25, 0.3) is 0 Å². The van der Waals surface area contributed by atoms with Crippen molar-refractivity contribution in [3.63, 3.8) is 0 Å². The molecule has 0 heterocycles. The number of hydroxylamine groups is 1. The van der Waals surface area contributed by atoms with Gasteiger partial charge < -0.3 is 4.84 Å². The number of hydrazine groups is 1. The third-order valence-electron chi connectivity index (χ3n) is 2.09. The minimum absolute atomic E-state index is 0.155. The maximum absolute atomic E-state index is 11.7. The van der Waals surface area contributed by atoms with Crippen LogP contribution in [-0.4, -0.2) is 23.9 Å². The molecule has 0 spiro atoms. The minimum atomic E-state index is -4.99. The van der Waals surface area contributed by atoms with Crippen molar-refractivity contribution in [2.24, 2.45) is 11.8 Å². The largest absolute Gasteiger partial charge is 0.492 e. The van der Waals surface area contributed by atoms with Crippen LogP contribution < -0.4 is 5.84 Å². The van der Waals surface area contributed by atoms with E-state index in [1.165, 1.54) is 0 Å². The van der Waals surface area contributed by atoms with Gasteiger partial charge in [-0.05, 0) is 18.8 Å². The Morgan fingerprint density at radius 2 is 2.07 bits per heavy atom. The first-order valence-corrected chi connectivity index (χ1v) is 4.21. The molecule has 1 aliphatic rings. The molecule has 0 aromatic heterocycles. The van der Waals surface area contributed by atoms with Crippen LogP contribution in [0.4, 0.5) is 13.2 Å². The van der Waals surface area contributed by atoms with Crippen molar-refractivity contribution in [3.05, 3.63) is 0 Å². The Bertz CT molecular complexity index is 215. The monoisotopic (exact) mass is 212 g/mol. The second kappa shape index (κ2) is 4.14. The van der Waals surface area contributed by atoms with Crippen LogP contribution in [0.25, 0.3) is 0 Å². The van der Waals surface area contributed by atoms with Gasteiger partial charge in [0.1, 0.15) is 0 Å². The molecule has 1 fully saturated rings. The molecule has 0 amide bonds. The highest BCUT2D eigenvalue weighted by molar-refractivity contribution is 5.75. The lowest BCUT2D eigenvalue weighted by atomic mass is 9.86. The minimum Gasteiger partial charge on any atom is -0.345 e. The van der Waals surface area contributed by atoms with Gasteiger partial charge in [0.05, 0.1) is 6.54 Å². The van der Waals surface area contributed by atoms with Gasteiger partial charge in [-0.2, -0.15) is 13.2 Å². The van der Waals surface area contributed by atoms with Gasteiger partial charge in [0.2, 0.25) is 0 Å². The first-order chi connectivity index (χ1) is 6.39. The number of hydrogen-bond donors (Lipinski definition) is 1. The van der Waals surface area contributed by atoms with E-state index in [1.807, 2.05) is 0 Å². The molecule has 1 aliphatic carbocycles. The van der Waals surface area contributed by atoms with E-state index in [0.717, 1.165) is 19.3 Å². The van der Waals surface area contributed by atoms with E-state index in [9.17, 15) is 18.0 Å². The second-order valence-electron chi connectivity index (χ2n) is 3.27. The molecule has 82 valence electrons. The molecule has 0 bridgehead atoms. The van der Waals surface area contributed by atoms with Crippen LogP contribution in [0, 0.1) is 5.92 Å². The fourth-order valence-corrected chi connectivity index (χ4v) is 1.13. The Labute approximate surface area is 78.7 Å². The number of rotatable bonds is 3.